The Morgan fingerprint density at radius 3 is 2.60 bits per heavy atom. The molecule has 1 heterocycles. The monoisotopic (exact) mass is 446 g/mol. The number of carbonyl (C=O) groups excluding carboxylic acids is 2. The van der Waals surface area contributed by atoms with E-state index in [1.165, 1.54) is 34.9 Å². The summed E-state index contributed by atoms with van der Waals surface area (Å²) in [6.45, 7) is 1.93. The van der Waals surface area contributed by atoms with Crippen LogP contribution in [-0.2, 0) is 14.3 Å². The van der Waals surface area contributed by atoms with Gasteiger partial charge in [0.2, 0.25) is 5.91 Å². The molecule has 30 heavy (non-hydrogen) atoms. The van der Waals surface area contributed by atoms with Crippen molar-refractivity contribution in [3.05, 3.63) is 80.9 Å². The molecule has 0 aromatic heterocycles. The highest BCUT2D eigenvalue weighted by atomic mass is 35.5. The summed E-state index contributed by atoms with van der Waals surface area (Å²) < 4.78 is 5.15. The van der Waals surface area contributed by atoms with Gasteiger partial charge in [-0.2, -0.15) is 0 Å². The Labute approximate surface area is 182 Å². The first kappa shape index (κ1) is 21.9. The first-order chi connectivity index (χ1) is 14.4. The van der Waals surface area contributed by atoms with Crippen molar-refractivity contribution in [1.82, 2.24) is 4.90 Å². The van der Waals surface area contributed by atoms with E-state index < -0.39 is 22.3 Å². The van der Waals surface area contributed by atoms with E-state index in [0.717, 1.165) is 5.56 Å². The van der Waals surface area contributed by atoms with Crippen LogP contribution in [0.5, 0.6) is 0 Å². The fourth-order valence-corrected chi connectivity index (χ4v) is 4.83. The third-order valence-corrected chi connectivity index (χ3v) is 6.16. The van der Waals surface area contributed by atoms with E-state index >= 15 is 0 Å². The molecule has 2 aromatic rings. The number of nitrogens with zero attached hydrogens (tertiary/aromatic N) is 2. The highest BCUT2D eigenvalue weighted by Crippen LogP contribution is 2.44. The van der Waals surface area contributed by atoms with Crippen LogP contribution in [-0.4, -0.2) is 40.1 Å². The fourth-order valence-electron chi connectivity index (χ4n) is 3.07. The molecule has 1 amide bonds. The van der Waals surface area contributed by atoms with Crippen molar-refractivity contribution < 1.29 is 19.2 Å². The number of rotatable bonds is 6. The van der Waals surface area contributed by atoms with Gasteiger partial charge in [0.05, 0.1) is 11.5 Å². The van der Waals surface area contributed by atoms with Crippen molar-refractivity contribution in [2.45, 2.75) is 18.3 Å². The molecule has 3 rings (SSSR count). The summed E-state index contributed by atoms with van der Waals surface area (Å²) in [5.41, 5.74) is 1.34. The molecule has 7 nitrogen and oxygen atoms in total. The highest BCUT2D eigenvalue weighted by Gasteiger charge is 2.43. The lowest BCUT2D eigenvalue weighted by atomic mass is 10.1. The van der Waals surface area contributed by atoms with E-state index in [2.05, 4.69) is 0 Å². The second-order valence-corrected chi connectivity index (χ2v) is 7.92. The molecule has 2 aromatic carbocycles. The molecule has 1 saturated heterocycles. The molecular weight excluding hydrogens is 428 g/mol. The van der Waals surface area contributed by atoms with Crippen LogP contribution in [0.3, 0.4) is 0 Å². The molecule has 0 bridgehead atoms. The van der Waals surface area contributed by atoms with Gasteiger partial charge in [-0.05, 0) is 36.8 Å². The number of hydrogen-bond donors (Lipinski definition) is 0. The molecule has 156 valence electrons. The van der Waals surface area contributed by atoms with Gasteiger partial charge >= 0.3 is 5.97 Å². The van der Waals surface area contributed by atoms with Crippen LogP contribution in [0.4, 0.5) is 5.69 Å². The van der Waals surface area contributed by atoms with Crippen LogP contribution >= 0.6 is 23.4 Å². The first-order valence-corrected chi connectivity index (χ1v) is 10.6. The van der Waals surface area contributed by atoms with E-state index in [1.54, 1.807) is 37.3 Å². The summed E-state index contributed by atoms with van der Waals surface area (Å²) in [5, 5.41) is 10.9. The van der Waals surface area contributed by atoms with Gasteiger partial charge in [-0.1, -0.05) is 29.8 Å². The zero-order valence-corrected chi connectivity index (χ0v) is 17.6. The van der Waals surface area contributed by atoms with Crippen molar-refractivity contribution in [1.29, 1.82) is 0 Å². The lowest BCUT2D eigenvalue weighted by molar-refractivity contribution is -0.384. The van der Waals surface area contributed by atoms with Crippen molar-refractivity contribution >= 4 is 47.0 Å². The number of nitro benzene ring substituents is 1. The van der Waals surface area contributed by atoms with Gasteiger partial charge < -0.3 is 9.64 Å². The lowest BCUT2D eigenvalue weighted by Gasteiger charge is -2.28. The summed E-state index contributed by atoms with van der Waals surface area (Å²) in [6.07, 6.45) is 2.91. The molecule has 2 atom stereocenters. The molecule has 9 heteroatoms. The Kier molecular flexibility index (Phi) is 7.12. The summed E-state index contributed by atoms with van der Waals surface area (Å²) in [6, 6.07) is 12.3. The molecule has 1 aliphatic heterocycles. The number of carbonyl (C=O) groups is 2. The Hall–Kier alpha value is -2.84. The smallest absolute Gasteiger partial charge is 0.329 e. The topological polar surface area (TPSA) is 89.8 Å². The second-order valence-electron chi connectivity index (χ2n) is 6.40. The highest BCUT2D eigenvalue weighted by molar-refractivity contribution is 7.99. The van der Waals surface area contributed by atoms with Gasteiger partial charge in [-0.25, -0.2) is 4.79 Å². The number of nitro groups is 1. The van der Waals surface area contributed by atoms with Gasteiger partial charge in [0.25, 0.3) is 5.69 Å². The minimum absolute atomic E-state index is 0.0319. The summed E-state index contributed by atoms with van der Waals surface area (Å²) in [7, 11) is 0. The number of ether oxygens (including phenoxy) is 1. The van der Waals surface area contributed by atoms with Crippen LogP contribution in [0.2, 0.25) is 5.02 Å². The lowest BCUT2D eigenvalue weighted by Crippen LogP contribution is -2.43. The molecule has 1 fully saturated rings. The minimum atomic E-state index is -0.731. The van der Waals surface area contributed by atoms with Crippen LogP contribution in [0.25, 0.3) is 6.08 Å². The molecular formula is C21H19ClN2O5S. The molecule has 0 aliphatic carbocycles. The Balaban J connectivity index is 1.87. The third kappa shape index (κ3) is 4.83. The van der Waals surface area contributed by atoms with Crippen molar-refractivity contribution in [3.8, 4) is 0 Å². The predicted octanol–water partition coefficient (Wildman–Crippen LogP) is 4.47. The number of esters is 1. The maximum atomic E-state index is 13.1. The van der Waals surface area contributed by atoms with Crippen LogP contribution in [0.15, 0.2) is 54.6 Å². The van der Waals surface area contributed by atoms with E-state index in [-0.39, 0.29) is 18.2 Å². The molecule has 0 spiro atoms. The van der Waals surface area contributed by atoms with Crippen LogP contribution < -0.4 is 0 Å². The minimum Gasteiger partial charge on any atom is -0.464 e. The quantitative estimate of drug-likeness (QED) is 0.281. The third-order valence-electron chi connectivity index (χ3n) is 4.51. The first-order valence-electron chi connectivity index (χ1n) is 9.20. The molecule has 1 aliphatic rings. The summed E-state index contributed by atoms with van der Waals surface area (Å²) in [4.78, 5) is 37.3. The molecule has 0 radical (unpaired) electrons. The number of thioether (sulfide) groups is 1. The number of benzene rings is 2. The Morgan fingerprint density at radius 1 is 1.27 bits per heavy atom. The van der Waals surface area contributed by atoms with E-state index in [4.69, 9.17) is 16.3 Å². The van der Waals surface area contributed by atoms with Crippen LogP contribution in [0, 0.1) is 10.1 Å². The number of amides is 1. The molecule has 0 saturated carbocycles. The average molecular weight is 447 g/mol. The van der Waals surface area contributed by atoms with Gasteiger partial charge in [0.1, 0.15) is 11.4 Å². The zero-order valence-electron chi connectivity index (χ0n) is 16.1. The number of halogens is 1. The van der Waals surface area contributed by atoms with Crippen molar-refractivity contribution in [3.63, 3.8) is 0 Å². The Morgan fingerprint density at radius 2 is 1.97 bits per heavy atom. The molecule has 0 N–H and O–H groups in total. The maximum Gasteiger partial charge on any atom is 0.329 e. The summed E-state index contributed by atoms with van der Waals surface area (Å²) >= 11 is 7.78. The second kappa shape index (κ2) is 9.77. The Bertz CT molecular complexity index is 980. The van der Waals surface area contributed by atoms with Gasteiger partial charge in [0, 0.05) is 34.5 Å². The maximum absolute atomic E-state index is 13.1. The standard InChI is InChI=1S/C21H19ClN2O5S/c1-2-29-21(26)18-13-30-20(16-5-3-4-6-17(16)22)23(18)19(25)12-9-14-7-10-15(11-8-14)24(27)28/h3-12,18,20H,2,13H2,1H3/b12-9+. The van der Waals surface area contributed by atoms with Gasteiger partial charge in [-0.3, -0.25) is 14.9 Å². The van der Waals surface area contributed by atoms with Crippen LogP contribution in [0.1, 0.15) is 23.4 Å². The van der Waals surface area contributed by atoms with E-state index in [9.17, 15) is 19.7 Å². The largest absolute Gasteiger partial charge is 0.464 e. The van der Waals surface area contributed by atoms with E-state index in [0.29, 0.717) is 16.3 Å². The SMILES string of the molecule is CCOC(=O)C1CSC(c2ccccc2Cl)N1C(=O)/C=C/c1ccc([N+](=O)[O-])cc1. The predicted molar refractivity (Wildman–Crippen MR) is 116 cm³/mol. The molecule has 2 unspecified atom stereocenters. The zero-order chi connectivity index (χ0) is 21.7. The number of hydrogen-bond acceptors (Lipinski definition) is 6. The van der Waals surface area contributed by atoms with E-state index in [1.807, 2.05) is 12.1 Å². The number of non-ortho nitro benzene ring substituents is 1. The van der Waals surface area contributed by atoms with Gasteiger partial charge in [0.15, 0.2) is 0 Å². The van der Waals surface area contributed by atoms with Crippen molar-refractivity contribution in [2.75, 3.05) is 12.4 Å². The fraction of sp³-hybridized carbons (Fsp3) is 0.238. The normalized spacial score (nSPS) is 18.5. The van der Waals surface area contributed by atoms with Gasteiger partial charge in [-0.15, -0.1) is 11.8 Å². The van der Waals surface area contributed by atoms with Crippen molar-refractivity contribution in [2.24, 2.45) is 0 Å². The average Bonchev–Trinajstić information content (AvgIpc) is 3.18. The summed E-state index contributed by atoms with van der Waals surface area (Å²) in [5.74, 6) is -0.441.